The van der Waals surface area contributed by atoms with Gasteiger partial charge in [-0.1, -0.05) is 12.1 Å². The Morgan fingerprint density at radius 1 is 1.00 bits per heavy atom. The summed E-state index contributed by atoms with van der Waals surface area (Å²) in [6, 6.07) is 14.1. The van der Waals surface area contributed by atoms with Crippen LogP contribution in [-0.4, -0.2) is 24.0 Å². The fraction of sp³-hybridized carbons (Fsp3) is 0.318. The number of hydrogen-bond acceptors (Lipinski definition) is 5. The van der Waals surface area contributed by atoms with E-state index in [1.54, 1.807) is 44.2 Å². The second-order valence-corrected chi connectivity index (χ2v) is 6.68. The lowest BCUT2D eigenvalue weighted by Gasteiger charge is -2.17. The molecule has 27 heavy (non-hydrogen) atoms. The van der Waals surface area contributed by atoms with Gasteiger partial charge < -0.3 is 9.47 Å². The average molecular weight is 363 g/mol. The Morgan fingerprint density at radius 2 is 1.70 bits per heavy atom. The minimum atomic E-state index is -0.885. The Kier molecular flexibility index (Phi) is 5.56. The maximum absolute atomic E-state index is 12.6. The predicted molar refractivity (Wildman–Crippen MR) is 99.6 cm³/mol. The molecule has 3 rings (SSSR count). The third-order valence-electron chi connectivity index (χ3n) is 4.67. The highest BCUT2D eigenvalue weighted by Gasteiger charge is 2.25. The molecule has 5 heteroatoms. The van der Waals surface area contributed by atoms with Crippen molar-refractivity contribution in [2.24, 2.45) is 0 Å². The predicted octanol–water partition coefficient (Wildman–Crippen LogP) is 3.63. The van der Waals surface area contributed by atoms with Gasteiger partial charge in [0.15, 0.2) is 12.2 Å². The summed E-state index contributed by atoms with van der Waals surface area (Å²) in [5, 5.41) is 8.80. The number of ketones is 1. The van der Waals surface area contributed by atoms with Gasteiger partial charge in [-0.15, -0.1) is 0 Å². The number of esters is 1. The summed E-state index contributed by atoms with van der Waals surface area (Å²) in [6.07, 6.45) is 1.40. The zero-order valence-corrected chi connectivity index (χ0v) is 15.4. The van der Waals surface area contributed by atoms with E-state index in [9.17, 15) is 9.59 Å². The lowest BCUT2D eigenvalue weighted by atomic mass is 10.0. The molecule has 0 aliphatic heterocycles. The topological polar surface area (TPSA) is 76.4 Å². The van der Waals surface area contributed by atoms with Crippen LogP contribution >= 0.6 is 0 Å². The molecule has 138 valence electrons. The Bertz CT molecular complexity index is 896. The number of nitriles is 1. The summed E-state index contributed by atoms with van der Waals surface area (Å²) >= 11 is 0. The van der Waals surface area contributed by atoms with E-state index in [4.69, 9.17) is 14.7 Å². The van der Waals surface area contributed by atoms with Crippen LogP contribution in [0, 0.1) is 11.3 Å². The van der Waals surface area contributed by atoms with E-state index >= 15 is 0 Å². The molecule has 2 atom stereocenters. The van der Waals surface area contributed by atoms with Crippen LogP contribution in [0.1, 0.15) is 47.3 Å². The second-order valence-electron chi connectivity index (χ2n) is 6.68. The van der Waals surface area contributed by atoms with Crippen molar-refractivity contribution < 1.29 is 19.1 Å². The molecule has 2 aromatic rings. The van der Waals surface area contributed by atoms with Crippen molar-refractivity contribution in [1.82, 2.24) is 0 Å². The van der Waals surface area contributed by atoms with E-state index in [-0.39, 0.29) is 5.78 Å². The summed E-state index contributed by atoms with van der Waals surface area (Å²) in [4.78, 5) is 24.8. The first-order chi connectivity index (χ1) is 13.0. The van der Waals surface area contributed by atoms with Gasteiger partial charge in [-0.05, 0) is 74.6 Å². The number of aryl methyl sites for hydroxylation is 2. The molecule has 0 saturated heterocycles. The Labute approximate surface area is 158 Å². The van der Waals surface area contributed by atoms with Gasteiger partial charge in [0.25, 0.3) is 0 Å². The van der Waals surface area contributed by atoms with Crippen LogP contribution in [-0.2, 0) is 22.4 Å². The SMILES string of the molecule is C[C@H](OC(=O)[C@@H](C)Oc1ccc(C#N)cc1)C(=O)c1ccc2c(c1)CCC2. The number of hydrogen-bond donors (Lipinski definition) is 0. The van der Waals surface area contributed by atoms with E-state index in [0.29, 0.717) is 16.9 Å². The molecule has 0 amide bonds. The third kappa shape index (κ3) is 4.35. The smallest absolute Gasteiger partial charge is 0.347 e. The molecule has 0 spiro atoms. The van der Waals surface area contributed by atoms with Crippen molar-refractivity contribution in [1.29, 1.82) is 5.26 Å². The molecule has 0 radical (unpaired) electrons. The highest BCUT2D eigenvalue weighted by molar-refractivity contribution is 6.00. The van der Waals surface area contributed by atoms with Crippen molar-refractivity contribution in [3.8, 4) is 11.8 Å². The quantitative estimate of drug-likeness (QED) is 0.579. The molecule has 1 aliphatic rings. The lowest BCUT2D eigenvalue weighted by molar-refractivity contribution is -0.153. The summed E-state index contributed by atoms with van der Waals surface area (Å²) < 4.78 is 10.8. The van der Waals surface area contributed by atoms with Crippen molar-refractivity contribution >= 4 is 11.8 Å². The van der Waals surface area contributed by atoms with Crippen molar-refractivity contribution in [3.05, 3.63) is 64.7 Å². The van der Waals surface area contributed by atoms with Crippen LogP contribution in [0.5, 0.6) is 5.75 Å². The van der Waals surface area contributed by atoms with Gasteiger partial charge in [0.1, 0.15) is 5.75 Å². The summed E-state index contributed by atoms with van der Waals surface area (Å²) in [7, 11) is 0. The number of carbonyl (C=O) groups excluding carboxylic acids is 2. The van der Waals surface area contributed by atoms with E-state index in [1.807, 2.05) is 18.2 Å². The molecule has 5 nitrogen and oxygen atoms in total. The van der Waals surface area contributed by atoms with Crippen molar-refractivity contribution in [2.45, 2.75) is 45.3 Å². The number of nitrogens with zero attached hydrogens (tertiary/aromatic N) is 1. The molecule has 0 unspecified atom stereocenters. The zero-order valence-electron chi connectivity index (χ0n) is 15.4. The molecule has 0 fully saturated rings. The molecule has 0 heterocycles. The van der Waals surface area contributed by atoms with Crippen molar-refractivity contribution in [3.63, 3.8) is 0 Å². The monoisotopic (exact) mass is 363 g/mol. The van der Waals surface area contributed by atoms with Gasteiger partial charge in [-0.2, -0.15) is 5.26 Å². The van der Waals surface area contributed by atoms with Gasteiger partial charge in [0.2, 0.25) is 5.78 Å². The standard InChI is InChI=1S/C22H21NO4/c1-14(21(24)19-9-8-17-4-3-5-18(17)12-19)27-22(25)15(2)26-20-10-6-16(13-23)7-11-20/h6-12,14-15H,3-5H2,1-2H3/t14-,15+/m0/s1. The van der Waals surface area contributed by atoms with Crippen LogP contribution in [0.2, 0.25) is 0 Å². The van der Waals surface area contributed by atoms with Crippen LogP contribution < -0.4 is 4.74 Å². The van der Waals surface area contributed by atoms with Gasteiger partial charge in [0.05, 0.1) is 11.6 Å². The highest BCUT2D eigenvalue weighted by atomic mass is 16.6. The maximum Gasteiger partial charge on any atom is 0.347 e. The first kappa shape index (κ1) is 18.7. The Morgan fingerprint density at radius 3 is 2.41 bits per heavy atom. The number of Topliss-reactive ketones (excluding diaryl/α,β-unsaturated/α-hetero) is 1. The normalized spacial score (nSPS) is 14.6. The third-order valence-corrected chi connectivity index (χ3v) is 4.67. The minimum absolute atomic E-state index is 0.219. The van der Waals surface area contributed by atoms with Crippen LogP contribution in [0.15, 0.2) is 42.5 Å². The molecule has 0 aromatic heterocycles. The largest absolute Gasteiger partial charge is 0.479 e. The fourth-order valence-electron chi connectivity index (χ4n) is 3.14. The van der Waals surface area contributed by atoms with Gasteiger partial charge >= 0.3 is 5.97 Å². The lowest BCUT2D eigenvalue weighted by Crippen LogP contribution is -2.32. The first-order valence-corrected chi connectivity index (χ1v) is 9.01. The fourth-order valence-corrected chi connectivity index (χ4v) is 3.14. The molecule has 1 aliphatic carbocycles. The number of fused-ring (bicyclic) bond motifs is 1. The Balaban J connectivity index is 1.58. The highest BCUT2D eigenvalue weighted by Crippen LogP contribution is 2.23. The molecular weight excluding hydrogens is 342 g/mol. The van der Waals surface area contributed by atoms with E-state index < -0.39 is 18.2 Å². The molecular formula is C22H21NO4. The van der Waals surface area contributed by atoms with Gasteiger partial charge in [-0.3, -0.25) is 4.79 Å². The number of benzene rings is 2. The molecule has 2 aromatic carbocycles. The minimum Gasteiger partial charge on any atom is -0.479 e. The average Bonchev–Trinajstić information content (AvgIpc) is 3.15. The van der Waals surface area contributed by atoms with E-state index in [0.717, 1.165) is 19.3 Å². The summed E-state index contributed by atoms with van der Waals surface area (Å²) in [5.74, 6) is -0.374. The summed E-state index contributed by atoms with van der Waals surface area (Å²) in [5.41, 5.74) is 3.57. The first-order valence-electron chi connectivity index (χ1n) is 9.01. The van der Waals surface area contributed by atoms with Crippen LogP contribution in [0.3, 0.4) is 0 Å². The van der Waals surface area contributed by atoms with Crippen molar-refractivity contribution in [2.75, 3.05) is 0 Å². The molecule has 0 bridgehead atoms. The van der Waals surface area contributed by atoms with Gasteiger partial charge in [0, 0.05) is 5.56 Å². The zero-order chi connectivity index (χ0) is 19.4. The number of carbonyl (C=O) groups is 2. The van der Waals surface area contributed by atoms with Crippen LogP contribution in [0.25, 0.3) is 0 Å². The van der Waals surface area contributed by atoms with E-state index in [1.165, 1.54) is 11.1 Å². The van der Waals surface area contributed by atoms with Gasteiger partial charge in [-0.25, -0.2) is 4.79 Å². The Hall–Kier alpha value is -3.13. The second kappa shape index (κ2) is 8.05. The number of rotatable bonds is 6. The maximum atomic E-state index is 12.6. The summed E-state index contributed by atoms with van der Waals surface area (Å²) in [6.45, 7) is 3.13. The molecule has 0 N–H and O–H groups in total. The molecule has 0 saturated carbocycles. The van der Waals surface area contributed by atoms with Crippen LogP contribution in [0.4, 0.5) is 0 Å². The van der Waals surface area contributed by atoms with E-state index in [2.05, 4.69) is 0 Å². The number of ether oxygens (including phenoxy) is 2.